The molecule has 0 aromatic rings. The molecule has 0 spiro atoms. The van der Waals surface area contributed by atoms with E-state index in [1.54, 1.807) is 24.3 Å². The lowest BCUT2D eigenvalue weighted by Crippen LogP contribution is -2.26. The van der Waals surface area contributed by atoms with Crippen molar-refractivity contribution in [2.45, 2.75) is 0 Å². The molecule has 4 heteroatoms. The molecule has 0 aromatic heterocycles. The summed E-state index contributed by atoms with van der Waals surface area (Å²) < 4.78 is 15.9. The van der Waals surface area contributed by atoms with E-state index >= 15 is 0 Å². The van der Waals surface area contributed by atoms with Crippen LogP contribution in [0.3, 0.4) is 0 Å². The fourth-order valence-electron chi connectivity index (χ4n) is 1.28. The summed E-state index contributed by atoms with van der Waals surface area (Å²) in [5.41, 5.74) is 0. The third kappa shape index (κ3) is 5.26. The van der Waals surface area contributed by atoms with Gasteiger partial charge in [0.2, 0.25) is 8.10 Å². The first-order chi connectivity index (χ1) is 7.71. The zero-order valence-electron chi connectivity index (χ0n) is 9.77. The highest BCUT2D eigenvalue weighted by Crippen LogP contribution is 2.31. The maximum Gasteiger partial charge on any atom is 0.206 e. The average Bonchev–Trinajstić information content (AvgIpc) is 2.27. The molecule has 16 heavy (non-hydrogen) atoms. The van der Waals surface area contributed by atoms with E-state index in [2.05, 4.69) is 26.3 Å². The zero-order valence-corrected chi connectivity index (χ0v) is 10.8. The minimum Gasteiger partial charge on any atom is -0.292 e. The molecule has 3 nitrogen and oxygen atoms in total. The number of nitrogens with zero attached hydrogens (tertiary/aromatic N) is 2. The van der Waals surface area contributed by atoms with E-state index < -0.39 is 8.10 Å². The number of rotatable bonds is 10. The van der Waals surface area contributed by atoms with Gasteiger partial charge in [-0.25, -0.2) is 9.34 Å². The van der Waals surface area contributed by atoms with E-state index in [4.69, 9.17) is 0 Å². The van der Waals surface area contributed by atoms with Gasteiger partial charge in [0, 0.05) is 26.2 Å². The highest BCUT2D eigenvalue weighted by Gasteiger charge is 2.15. The van der Waals surface area contributed by atoms with Crippen LogP contribution in [0.5, 0.6) is 0 Å². The Bertz CT molecular complexity index is 230. The van der Waals surface area contributed by atoms with Crippen molar-refractivity contribution in [1.29, 1.82) is 0 Å². The lowest BCUT2D eigenvalue weighted by molar-refractivity contribution is 0.413. The van der Waals surface area contributed by atoms with E-state index in [-0.39, 0.29) is 0 Å². The first kappa shape index (κ1) is 15.1. The lowest BCUT2D eigenvalue weighted by Gasteiger charge is -2.26. The monoisotopic (exact) mass is 240 g/mol. The molecule has 0 saturated heterocycles. The Hall–Kier alpha value is -0.890. The van der Waals surface area contributed by atoms with E-state index in [0.717, 1.165) is 0 Å². The molecule has 0 radical (unpaired) electrons. The highest BCUT2D eigenvalue weighted by atomic mass is 31.1. The van der Waals surface area contributed by atoms with Crippen LogP contribution in [0.15, 0.2) is 50.6 Å². The van der Waals surface area contributed by atoms with Crippen molar-refractivity contribution in [3.63, 3.8) is 0 Å². The third-order valence-corrected chi connectivity index (χ3v) is 3.75. The Balaban J connectivity index is 4.61. The summed E-state index contributed by atoms with van der Waals surface area (Å²) >= 11 is 0. The Morgan fingerprint density at radius 3 is 1.19 bits per heavy atom. The molecule has 0 atom stereocenters. The molecule has 0 amide bonds. The average molecular weight is 240 g/mol. The first-order valence-electron chi connectivity index (χ1n) is 5.18. The molecule has 90 valence electrons. The molecule has 0 heterocycles. The maximum atomic E-state index is 12.2. The molecule has 0 fully saturated rings. The fourth-order valence-corrected chi connectivity index (χ4v) is 2.83. The van der Waals surface area contributed by atoms with Crippen LogP contribution in [0.1, 0.15) is 0 Å². The minimum absolute atomic E-state index is 0.592. The molecule has 0 rings (SSSR count). The van der Waals surface area contributed by atoms with Crippen molar-refractivity contribution in [3.8, 4) is 0 Å². The zero-order chi connectivity index (χ0) is 12.4. The molecular formula is C12H21N2OP. The summed E-state index contributed by atoms with van der Waals surface area (Å²) in [5, 5.41) is 0. The second-order valence-corrected chi connectivity index (χ2v) is 5.08. The smallest absolute Gasteiger partial charge is 0.206 e. The summed E-state index contributed by atoms with van der Waals surface area (Å²) in [5.74, 6) is 0. The van der Waals surface area contributed by atoms with Crippen molar-refractivity contribution < 1.29 is 4.57 Å². The van der Waals surface area contributed by atoms with Gasteiger partial charge in [-0.05, 0) is 0 Å². The van der Waals surface area contributed by atoms with Crippen LogP contribution in [-0.2, 0) is 4.57 Å². The van der Waals surface area contributed by atoms with Crippen LogP contribution in [0.4, 0.5) is 0 Å². The van der Waals surface area contributed by atoms with Crippen molar-refractivity contribution in [2.75, 3.05) is 26.2 Å². The largest absolute Gasteiger partial charge is 0.292 e. The van der Waals surface area contributed by atoms with Crippen molar-refractivity contribution >= 4 is 8.10 Å². The summed E-state index contributed by atoms with van der Waals surface area (Å²) in [6.45, 7) is 17.0. The second-order valence-electron chi connectivity index (χ2n) is 3.25. The second kappa shape index (κ2) is 9.34. The van der Waals surface area contributed by atoms with Gasteiger partial charge in [-0.2, -0.15) is 0 Å². The van der Waals surface area contributed by atoms with Gasteiger partial charge in [0.1, 0.15) is 0 Å². The number of hydrogen-bond donors (Lipinski definition) is 0. The Morgan fingerprint density at radius 2 is 1.00 bits per heavy atom. The van der Waals surface area contributed by atoms with Gasteiger partial charge in [-0.1, -0.05) is 24.3 Å². The molecule has 0 N–H and O–H groups in total. The highest BCUT2D eigenvalue weighted by molar-refractivity contribution is 7.39. The van der Waals surface area contributed by atoms with Crippen LogP contribution in [0, 0.1) is 0 Å². The predicted molar refractivity (Wildman–Crippen MR) is 72.9 cm³/mol. The van der Waals surface area contributed by atoms with Gasteiger partial charge in [0.05, 0.1) is 0 Å². The van der Waals surface area contributed by atoms with Crippen LogP contribution >= 0.6 is 8.10 Å². The van der Waals surface area contributed by atoms with Crippen LogP contribution in [-0.4, -0.2) is 35.5 Å². The minimum atomic E-state index is -1.99. The Labute approximate surface area is 99.3 Å². The molecule has 0 aliphatic carbocycles. The number of hydrogen-bond acceptors (Lipinski definition) is 1. The summed E-state index contributed by atoms with van der Waals surface area (Å²) in [6, 6.07) is 0. The van der Waals surface area contributed by atoms with Crippen LogP contribution in [0.2, 0.25) is 0 Å². The van der Waals surface area contributed by atoms with Gasteiger partial charge in [-0.3, -0.25) is 4.57 Å². The fraction of sp³-hybridized carbons (Fsp3) is 0.333. The van der Waals surface area contributed by atoms with Crippen molar-refractivity contribution in [3.05, 3.63) is 50.6 Å². The molecule has 0 aromatic carbocycles. The van der Waals surface area contributed by atoms with Gasteiger partial charge in [0.25, 0.3) is 0 Å². The summed E-state index contributed by atoms with van der Waals surface area (Å²) in [6.07, 6.45) is 6.97. The van der Waals surface area contributed by atoms with Crippen molar-refractivity contribution in [2.24, 2.45) is 0 Å². The normalized spacial score (nSPS) is 10.7. The van der Waals surface area contributed by atoms with E-state index in [1.807, 2.05) is 9.34 Å². The van der Waals surface area contributed by atoms with Crippen LogP contribution in [0.25, 0.3) is 0 Å². The summed E-state index contributed by atoms with van der Waals surface area (Å²) in [7, 11) is -1.99. The summed E-state index contributed by atoms with van der Waals surface area (Å²) in [4.78, 5) is 0. The topological polar surface area (TPSA) is 23.6 Å². The van der Waals surface area contributed by atoms with Gasteiger partial charge < -0.3 is 0 Å². The van der Waals surface area contributed by atoms with E-state index in [1.165, 1.54) is 0 Å². The van der Waals surface area contributed by atoms with Gasteiger partial charge in [0.15, 0.2) is 0 Å². The molecule has 0 saturated carbocycles. The van der Waals surface area contributed by atoms with Gasteiger partial charge >= 0.3 is 0 Å². The molecule has 0 aliphatic rings. The quantitative estimate of drug-likeness (QED) is 0.433. The maximum absolute atomic E-state index is 12.2. The molecular weight excluding hydrogens is 219 g/mol. The van der Waals surface area contributed by atoms with Gasteiger partial charge in [-0.15, -0.1) is 26.3 Å². The third-order valence-electron chi connectivity index (χ3n) is 1.94. The SMILES string of the molecule is C=CCN(CC=C)[PH](=O)N(CC=C)CC=C. The van der Waals surface area contributed by atoms with E-state index in [0.29, 0.717) is 26.2 Å². The lowest BCUT2D eigenvalue weighted by atomic mass is 10.5. The van der Waals surface area contributed by atoms with Crippen molar-refractivity contribution in [1.82, 2.24) is 9.34 Å². The molecule has 0 aliphatic heterocycles. The standard InChI is InChI=1S/C12H21N2OP/c1-5-9-13(10-6-2)16(15)14(11-7-3)12-8-4/h5-8,16H,1-4,9-12H2. The molecule has 0 unspecified atom stereocenters. The molecule has 0 bridgehead atoms. The first-order valence-corrected chi connectivity index (χ1v) is 6.48. The Morgan fingerprint density at radius 1 is 0.750 bits per heavy atom. The predicted octanol–water partition coefficient (Wildman–Crippen LogP) is 2.72. The van der Waals surface area contributed by atoms with Crippen LogP contribution < -0.4 is 0 Å². The Kier molecular flexibility index (Phi) is 8.82. The van der Waals surface area contributed by atoms with E-state index in [9.17, 15) is 4.57 Å².